The molecule has 0 radical (unpaired) electrons. The number of halogens is 4. The van der Waals surface area contributed by atoms with Gasteiger partial charge in [-0.2, -0.15) is 13.2 Å². The zero-order valence-corrected chi connectivity index (χ0v) is 10.3. The van der Waals surface area contributed by atoms with E-state index in [0.717, 1.165) is 12.8 Å². The molecular formula is C10H18ClF3N2O. The molecular weight excluding hydrogens is 257 g/mol. The maximum absolute atomic E-state index is 11.9. The van der Waals surface area contributed by atoms with Crippen LogP contribution in [0.1, 0.15) is 25.7 Å². The Bertz CT molecular complexity index is 240. The van der Waals surface area contributed by atoms with Gasteiger partial charge < -0.3 is 10.6 Å². The minimum absolute atomic E-state index is 0. The summed E-state index contributed by atoms with van der Waals surface area (Å²) in [5.41, 5.74) is 5.49. The predicted molar refractivity (Wildman–Crippen MR) is 60.9 cm³/mol. The number of likely N-dealkylation sites (tertiary alicyclic amines) is 1. The predicted octanol–water partition coefficient (Wildman–Crippen LogP) is 1.95. The summed E-state index contributed by atoms with van der Waals surface area (Å²) in [5, 5.41) is 0. The minimum Gasteiger partial charge on any atom is -0.343 e. The van der Waals surface area contributed by atoms with Gasteiger partial charge in [0.1, 0.15) is 0 Å². The van der Waals surface area contributed by atoms with Crippen molar-refractivity contribution in [2.45, 2.75) is 31.9 Å². The molecule has 1 rings (SSSR count). The second-order valence-corrected chi connectivity index (χ2v) is 4.18. The highest BCUT2D eigenvalue weighted by atomic mass is 35.5. The van der Waals surface area contributed by atoms with Gasteiger partial charge in [-0.3, -0.25) is 4.79 Å². The van der Waals surface area contributed by atoms with Gasteiger partial charge >= 0.3 is 6.18 Å². The summed E-state index contributed by atoms with van der Waals surface area (Å²) in [6, 6.07) is 0. The topological polar surface area (TPSA) is 46.3 Å². The van der Waals surface area contributed by atoms with Crippen LogP contribution in [0.2, 0.25) is 0 Å². The number of rotatable bonds is 3. The minimum atomic E-state index is -4.24. The Morgan fingerprint density at radius 1 is 1.29 bits per heavy atom. The van der Waals surface area contributed by atoms with Crippen LogP contribution in [0.15, 0.2) is 0 Å². The Kier molecular flexibility index (Phi) is 6.85. The van der Waals surface area contributed by atoms with Gasteiger partial charge in [-0.1, -0.05) is 0 Å². The number of nitrogens with two attached hydrogens (primary N) is 1. The van der Waals surface area contributed by atoms with E-state index in [4.69, 9.17) is 5.73 Å². The number of carbonyl (C=O) groups is 1. The van der Waals surface area contributed by atoms with Crippen molar-refractivity contribution in [1.82, 2.24) is 4.90 Å². The Labute approximate surface area is 105 Å². The van der Waals surface area contributed by atoms with Gasteiger partial charge in [-0.15, -0.1) is 12.4 Å². The molecule has 0 bridgehead atoms. The second-order valence-electron chi connectivity index (χ2n) is 4.18. The first-order valence-electron chi connectivity index (χ1n) is 5.47. The van der Waals surface area contributed by atoms with Crippen LogP contribution < -0.4 is 5.73 Å². The van der Waals surface area contributed by atoms with Crippen molar-refractivity contribution in [3.8, 4) is 0 Å². The summed E-state index contributed by atoms with van der Waals surface area (Å²) in [6.45, 7) is 1.67. The summed E-state index contributed by atoms with van der Waals surface area (Å²) in [5.74, 6) is 0.0134. The van der Waals surface area contributed by atoms with E-state index in [0.29, 0.717) is 25.6 Å². The maximum atomic E-state index is 11.9. The average molecular weight is 275 g/mol. The molecule has 17 heavy (non-hydrogen) atoms. The molecule has 1 aliphatic heterocycles. The van der Waals surface area contributed by atoms with E-state index in [2.05, 4.69) is 0 Å². The highest BCUT2D eigenvalue weighted by Crippen LogP contribution is 2.23. The quantitative estimate of drug-likeness (QED) is 0.855. The first-order valence-corrected chi connectivity index (χ1v) is 5.47. The van der Waals surface area contributed by atoms with E-state index >= 15 is 0 Å². The third-order valence-electron chi connectivity index (χ3n) is 2.92. The number of hydrogen-bond donors (Lipinski definition) is 1. The molecule has 102 valence electrons. The van der Waals surface area contributed by atoms with Crippen LogP contribution in [0.25, 0.3) is 0 Å². The summed E-state index contributed by atoms with van der Waals surface area (Å²) in [6.07, 6.45) is -4.10. The molecule has 1 amide bonds. The maximum Gasteiger partial charge on any atom is 0.389 e. The Morgan fingerprint density at radius 3 is 2.24 bits per heavy atom. The fraction of sp³-hybridized carbons (Fsp3) is 0.900. The average Bonchev–Trinajstić information content (AvgIpc) is 2.25. The number of nitrogens with zero attached hydrogens (tertiary/aromatic N) is 1. The van der Waals surface area contributed by atoms with Crippen molar-refractivity contribution in [2.24, 2.45) is 11.7 Å². The van der Waals surface area contributed by atoms with E-state index in [9.17, 15) is 18.0 Å². The lowest BCUT2D eigenvalue weighted by molar-refractivity contribution is -0.149. The number of piperidine rings is 1. The number of carbonyl (C=O) groups excluding carboxylic acids is 1. The molecule has 2 N–H and O–H groups in total. The smallest absolute Gasteiger partial charge is 0.343 e. The van der Waals surface area contributed by atoms with Crippen LogP contribution in [-0.4, -0.2) is 36.6 Å². The molecule has 3 nitrogen and oxygen atoms in total. The van der Waals surface area contributed by atoms with E-state index < -0.39 is 24.9 Å². The molecule has 7 heteroatoms. The molecule has 0 unspecified atom stereocenters. The van der Waals surface area contributed by atoms with Crippen LogP contribution in [0.5, 0.6) is 0 Å². The normalized spacial score (nSPS) is 17.8. The van der Waals surface area contributed by atoms with Crippen molar-refractivity contribution in [2.75, 3.05) is 19.6 Å². The Balaban J connectivity index is 0.00000256. The third kappa shape index (κ3) is 6.12. The number of alkyl halides is 3. The summed E-state index contributed by atoms with van der Waals surface area (Å²) >= 11 is 0. The number of hydrogen-bond acceptors (Lipinski definition) is 2. The molecule has 1 saturated heterocycles. The molecule has 1 aliphatic rings. The van der Waals surface area contributed by atoms with Crippen molar-refractivity contribution in [3.05, 3.63) is 0 Å². The van der Waals surface area contributed by atoms with Crippen LogP contribution in [0.4, 0.5) is 13.2 Å². The largest absolute Gasteiger partial charge is 0.389 e. The Hall–Kier alpha value is -0.490. The van der Waals surface area contributed by atoms with Gasteiger partial charge in [-0.25, -0.2) is 0 Å². The highest BCUT2D eigenvalue weighted by molar-refractivity contribution is 5.85. The van der Waals surface area contributed by atoms with E-state index in [1.807, 2.05) is 0 Å². The lowest BCUT2D eigenvalue weighted by Gasteiger charge is -2.31. The zero-order chi connectivity index (χ0) is 12.2. The fourth-order valence-corrected chi connectivity index (χ4v) is 1.82. The summed E-state index contributed by atoms with van der Waals surface area (Å²) < 4.78 is 35.7. The van der Waals surface area contributed by atoms with E-state index in [1.165, 1.54) is 4.90 Å². The van der Waals surface area contributed by atoms with E-state index in [1.54, 1.807) is 0 Å². The van der Waals surface area contributed by atoms with Gasteiger partial charge in [-0.05, 0) is 25.3 Å². The molecule has 0 aromatic heterocycles. The van der Waals surface area contributed by atoms with Gasteiger partial charge in [0.05, 0.1) is 6.42 Å². The lowest BCUT2D eigenvalue weighted by atomic mass is 9.97. The monoisotopic (exact) mass is 274 g/mol. The van der Waals surface area contributed by atoms with Crippen molar-refractivity contribution < 1.29 is 18.0 Å². The molecule has 0 atom stereocenters. The lowest BCUT2D eigenvalue weighted by Crippen LogP contribution is -2.40. The summed E-state index contributed by atoms with van der Waals surface area (Å²) in [4.78, 5) is 12.9. The highest BCUT2D eigenvalue weighted by Gasteiger charge is 2.30. The molecule has 0 spiro atoms. The SMILES string of the molecule is Cl.NCC1CCN(C(=O)CCC(F)(F)F)CC1. The number of amides is 1. The van der Waals surface area contributed by atoms with Crippen LogP contribution in [0, 0.1) is 5.92 Å². The molecule has 0 aromatic rings. The van der Waals surface area contributed by atoms with Gasteiger partial charge in [0, 0.05) is 19.5 Å². The first kappa shape index (κ1) is 16.5. The third-order valence-corrected chi connectivity index (χ3v) is 2.92. The van der Waals surface area contributed by atoms with E-state index in [-0.39, 0.29) is 12.4 Å². The van der Waals surface area contributed by atoms with Crippen LogP contribution in [-0.2, 0) is 4.79 Å². The summed E-state index contributed by atoms with van der Waals surface area (Å²) in [7, 11) is 0. The van der Waals surface area contributed by atoms with Crippen molar-refractivity contribution in [1.29, 1.82) is 0 Å². The molecule has 1 fully saturated rings. The fourth-order valence-electron chi connectivity index (χ4n) is 1.82. The molecule has 0 aliphatic carbocycles. The molecule has 0 aromatic carbocycles. The van der Waals surface area contributed by atoms with Crippen molar-refractivity contribution >= 4 is 18.3 Å². The van der Waals surface area contributed by atoms with Crippen LogP contribution in [0.3, 0.4) is 0 Å². The second kappa shape index (κ2) is 7.06. The van der Waals surface area contributed by atoms with Gasteiger partial charge in [0.2, 0.25) is 5.91 Å². The van der Waals surface area contributed by atoms with Crippen LogP contribution >= 0.6 is 12.4 Å². The zero-order valence-electron chi connectivity index (χ0n) is 9.50. The Morgan fingerprint density at radius 2 is 1.82 bits per heavy atom. The van der Waals surface area contributed by atoms with Gasteiger partial charge in [0.25, 0.3) is 0 Å². The standard InChI is InChI=1S/C10H17F3N2O.ClH/c11-10(12,13)4-1-9(16)15-5-2-8(7-14)3-6-15;/h8H,1-7,14H2;1H. The van der Waals surface area contributed by atoms with Gasteiger partial charge in [0.15, 0.2) is 0 Å². The molecule has 1 heterocycles. The first-order chi connectivity index (χ1) is 7.42. The van der Waals surface area contributed by atoms with Crippen molar-refractivity contribution in [3.63, 3.8) is 0 Å². The molecule has 0 saturated carbocycles.